The van der Waals surface area contributed by atoms with Gasteiger partial charge in [0.05, 0.1) is 0 Å². The number of ether oxygens (including phenoxy) is 1. The standard InChI is InChI=1S/C11H18N2O/c1-8-5-6-13-10(9(8)7-12)14-11(2,3)4/h5-6H,7,12H2,1-4H3. The number of hydrogen-bond donors (Lipinski definition) is 1. The molecule has 0 saturated heterocycles. The maximum atomic E-state index is 5.71. The topological polar surface area (TPSA) is 48.1 Å². The minimum Gasteiger partial charge on any atom is -0.472 e. The molecule has 0 bridgehead atoms. The fourth-order valence-electron chi connectivity index (χ4n) is 1.19. The Morgan fingerprint density at radius 1 is 1.43 bits per heavy atom. The Bertz CT molecular complexity index is 316. The minimum atomic E-state index is -0.231. The largest absolute Gasteiger partial charge is 0.472 e. The fourth-order valence-corrected chi connectivity index (χ4v) is 1.19. The second kappa shape index (κ2) is 3.96. The third kappa shape index (κ3) is 2.70. The predicted molar refractivity (Wildman–Crippen MR) is 57.2 cm³/mol. The first-order chi connectivity index (χ1) is 6.44. The summed E-state index contributed by atoms with van der Waals surface area (Å²) in [6, 6.07) is 1.94. The van der Waals surface area contributed by atoms with Gasteiger partial charge in [-0.05, 0) is 39.3 Å². The molecule has 0 unspecified atom stereocenters. The third-order valence-electron chi connectivity index (χ3n) is 1.86. The zero-order valence-corrected chi connectivity index (χ0v) is 9.29. The number of hydrogen-bond acceptors (Lipinski definition) is 3. The molecule has 78 valence electrons. The van der Waals surface area contributed by atoms with Crippen LogP contribution in [-0.2, 0) is 6.54 Å². The minimum absolute atomic E-state index is 0.231. The van der Waals surface area contributed by atoms with Crippen molar-refractivity contribution in [1.29, 1.82) is 0 Å². The SMILES string of the molecule is Cc1ccnc(OC(C)(C)C)c1CN. The highest BCUT2D eigenvalue weighted by Crippen LogP contribution is 2.22. The lowest BCUT2D eigenvalue weighted by molar-refractivity contribution is 0.122. The predicted octanol–water partition coefficient (Wildman–Crippen LogP) is 2.03. The van der Waals surface area contributed by atoms with E-state index in [9.17, 15) is 0 Å². The van der Waals surface area contributed by atoms with Gasteiger partial charge in [0.1, 0.15) is 5.60 Å². The van der Waals surface area contributed by atoms with Gasteiger partial charge in [0.2, 0.25) is 5.88 Å². The molecule has 3 heteroatoms. The summed E-state index contributed by atoms with van der Waals surface area (Å²) in [7, 11) is 0. The molecule has 0 aliphatic heterocycles. The number of rotatable bonds is 2. The third-order valence-corrected chi connectivity index (χ3v) is 1.86. The maximum Gasteiger partial charge on any atom is 0.218 e. The number of aromatic nitrogens is 1. The molecular formula is C11H18N2O. The Morgan fingerprint density at radius 2 is 2.07 bits per heavy atom. The van der Waals surface area contributed by atoms with Crippen molar-refractivity contribution in [3.05, 3.63) is 23.4 Å². The molecule has 14 heavy (non-hydrogen) atoms. The molecule has 3 nitrogen and oxygen atoms in total. The molecule has 0 saturated carbocycles. The monoisotopic (exact) mass is 194 g/mol. The van der Waals surface area contributed by atoms with E-state index in [-0.39, 0.29) is 5.60 Å². The van der Waals surface area contributed by atoms with Crippen LogP contribution in [0.3, 0.4) is 0 Å². The highest BCUT2D eigenvalue weighted by molar-refractivity contribution is 5.33. The second-order valence-electron chi connectivity index (χ2n) is 4.33. The molecule has 0 atom stereocenters. The van der Waals surface area contributed by atoms with E-state index in [4.69, 9.17) is 10.5 Å². The van der Waals surface area contributed by atoms with E-state index in [1.54, 1.807) is 6.20 Å². The molecule has 0 radical (unpaired) electrons. The van der Waals surface area contributed by atoms with Gasteiger partial charge < -0.3 is 10.5 Å². The van der Waals surface area contributed by atoms with Gasteiger partial charge in [-0.2, -0.15) is 0 Å². The smallest absolute Gasteiger partial charge is 0.218 e. The van der Waals surface area contributed by atoms with Gasteiger partial charge in [-0.3, -0.25) is 0 Å². The van der Waals surface area contributed by atoms with Crippen molar-refractivity contribution in [3.8, 4) is 5.88 Å². The molecule has 0 amide bonds. The fraction of sp³-hybridized carbons (Fsp3) is 0.545. The average molecular weight is 194 g/mol. The normalized spacial score (nSPS) is 11.5. The van der Waals surface area contributed by atoms with Gasteiger partial charge in [0.15, 0.2) is 0 Å². The highest BCUT2D eigenvalue weighted by atomic mass is 16.5. The summed E-state index contributed by atoms with van der Waals surface area (Å²) in [6.07, 6.45) is 1.75. The summed E-state index contributed by atoms with van der Waals surface area (Å²) in [5, 5.41) is 0. The zero-order chi connectivity index (χ0) is 10.8. The van der Waals surface area contributed by atoms with Crippen LogP contribution in [-0.4, -0.2) is 10.6 Å². The van der Waals surface area contributed by atoms with Crippen molar-refractivity contribution in [2.75, 3.05) is 0 Å². The van der Waals surface area contributed by atoms with E-state index >= 15 is 0 Å². The van der Waals surface area contributed by atoms with Gasteiger partial charge in [-0.25, -0.2) is 4.98 Å². The van der Waals surface area contributed by atoms with Crippen LogP contribution in [0.25, 0.3) is 0 Å². The Hall–Kier alpha value is -1.09. The Morgan fingerprint density at radius 3 is 2.57 bits per heavy atom. The van der Waals surface area contributed by atoms with Gasteiger partial charge in [-0.15, -0.1) is 0 Å². The van der Waals surface area contributed by atoms with E-state index in [1.807, 2.05) is 33.8 Å². The van der Waals surface area contributed by atoms with Crippen molar-refractivity contribution in [1.82, 2.24) is 4.98 Å². The second-order valence-corrected chi connectivity index (χ2v) is 4.33. The quantitative estimate of drug-likeness (QED) is 0.783. The van der Waals surface area contributed by atoms with Crippen LogP contribution in [0.15, 0.2) is 12.3 Å². The van der Waals surface area contributed by atoms with Crippen LogP contribution < -0.4 is 10.5 Å². The molecular weight excluding hydrogens is 176 g/mol. The van der Waals surface area contributed by atoms with E-state index in [0.717, 1.165) is 11.1 Å². The van der Waals surface area contributed by atoms with Crippen molar-refractivity contribution in [2.45, 2.75) is 39.8 Å². The van der Waals surface area contributed by atoms with E-state index in [0.29, 0.717) is 12.4 Å². The molecule has 0 aliphatic rings. The Labute approximate surface area is 85.3 Å². The first kappa shape index (κ1) is 11.0. The van der Waals surface area contributed by atoms with Crippen molar-refractivity contribution < 1.29 is 4.74 Å². The van der Waals surface area contributed by atoms with Crippen LogP contribution in [0.2, 0.25) is 0 Å². The van der Waals surface area contributed by atoms with Gasteiger partial charge in [-0.1, -0.05) is 0 Å². The van der Waals surface area contributed by atoms with E-state index < -0.39 is 0 Å². The van der Waals surface area contributed by atoms with Crippen LogP contribution >= 0.6 is 0 Å². The first-order valence-electron chi connectivity index (χ1n) is 4.77. The molecule has 0 aromatic carbocycles. The number of nitrogens with zero attached hydrogens (tertiary/aromatic N) is 1. The zero-order valence-electron chi connectivity index (χ0n) is 9.29. The lowest BCUT2D eigenvalue weighted by atomic mass is 10.1. The highest BCUT2D eigenvalue weighted by Gasteiger charge is 2.15. The van der Waals surface area contributed by atoms with Gasteiger partial charge in [0.25, 0.3) is 0 Å². The van der Waals surface area contributed by atoms with Crippen molar-refractivity contribution in [3.63, 3.8) is 0 Å². The number of pyridine rings is 1. The molecule has 1 heterocycles. The Kier molecular flexibility index (Phi) is 3.11. The average Bonchev–Trinajstić information content (AvgIpc) is 2.01. The first-order valence-corrected chi connectivity index (χ1v) is 4.77. The van der Waals surface area contributed by atoms with Crippen LogP contribution in [0.1, 0.15) is 31.9 Å². The Balaban J connectivity index is 3.02. The molecule has 0 spiro atoms. The summed E-state index contributed by atoms with van der Waals surface area (Å²) in [5.74, 6) is 0.653. The lowest BCUT2D eigenvalue weighted by Gasteiger charge is -2.22. The summed E-state index contributed by atoms with van der Waals surface area (Å²) in [4.78, 5) is 4.19. The molecule has 1 rings (SSSR count). The lowest BCUT2D eigenvalue weighted by Crippen LogP contribution is -2.24. The number of aryl methyl sites for hydroxylation is 1. The summed E-state index contributed by atoms with van der Waals surface area (Å²) >= 11 is 0. The van der Waals surface area contributed by atoms with Gasteiger partial charge in [0, 0.05) is 18.3 Å². The van der Waals surface area contributed by atoms with Gasteiger partial charge >= 0.3 is 0 Å². The van der Waals surface area contributed by atoms with Crippen LogP contribution in [0.4, 0.5) is 0 Å². The molecule has 0 aliphatic carbocycles. The number of nitrogens with two attached hydrogens (primary N) is 1. The summed E-state index contributed by atoms with van der Waals surface area (Å²) < 4.78 is 5.71. The molecule has 0 fully saturated rings. The summed E-state index contributed by atoms with van der Waals surface area (Å²) in [5.41, 5.74) is 7.53. The molecule has 2 N–H and O–H groups in total. The van der Waals surface area contributed by atoms with Crippen LogP contribution in [0, 0.1) is 6.92 Å². The summed E-state index contributed by atoms with van der Waals surface area (Å²) in [6.45, 7) is 8.47. The van der Waals surface area contributed by atoms with Crippen molar-refractivity contribution >= 4 is 0 Å². The molecule has 1 aromatic heterocycles. The maximum absolute atomic E-state index is 5.71. The van der Waals surface area contributed by atoms with Crippen molar-refractivity contribution in [2.24, 2.45) is 5.73 Å². The van der Waals surface area contributed by atoms with E-state index in [1.165, 1.54) is 0 Å². The van der Waals surface area contributed by atoms with E-state index in [2.05, 4.69) is 4.98 Å². The van der Waals surface area contributed by atoms with Crippen LogP contribution in [0.5, 0.6) is 5.88 Å². The molecule has 1 aromatic rings.